The molecule has 0 aromatic heterocycles. The van der Waals surface area contributed by atoms with E-state index < -0.39 is 6.09 Å². The van der Waals surface area contributed by atoms with Gasteiger partial charge in [-0.2, -0.15) is 0 Å². The molecule has 2 heterocycles. The average Bonchev–Trinajstić information content (AvgIpc) is 2.70. The fraction of sp³-hybridized carbons (Fsp3) is 0.500. The van der Waals surface area contributed by atoms with Crippen LogP contribution in [0.4, 0.5) is 15.3 Å². The highest BCUT2D eigenvalue weighted by atomic mass is 35.5. The number of anilines is 1. The Morgan fingerprint density at radius 1 is 0.964 bits per heavy atom. The topological polar surface area (TPSA) is 93.2 Å². The largest absolute Gasteiger partial charge is 0.465 e. The summed E-state index contributed by atoms with van der Waals surface area (Å²) in [5.74, 6) is -0.336. The number of likely N-dealkylation sites (tertiary alicyclic amines) is 1. The summed E-state index contributed by atoms with van der Waals surface area (Å²) in [4.78, 5) is 40.9. The van der Waals surface area contributed by atoms with Gasteiger partial charge in [0, 0.05) is 45.0 Å². The van der Waals surface area contributed by atoms with Crippen molar-refractivity contribution in [3.8, 4) is 0 Å². The van der Waals surface area contributed by atoms with E-state index in [0.29, 0.717) is 61.3 Å². The van der Waals surface area contributed by atoms with Gasteiger partial charge in [-0.15, -0.1) is 0 Å². The minimum Gasteiger partial charge on any atom is -0.465 e. The van der Waals surface area contributed by atoms with E-state index in [1.165, 1.54) is 4.90 Å². The Kier molecular flexibility index (Phi) is 6.51. The normalized spacial score (nSPS) is 20.1. The summed E-state index contributed by atoms with van der Waals surface area (Å²) in [5, 5.41) is 12.7. The Bertz CT molecular complexity index is 768. The van der Waals surface area contributed by atoms with Crippen LogP contribution in [0, 0.1) is 5.92 Å². The van der Waals surface area contributed by atoms with Crippen molar-refractivity contribution < 1.29 is 19.5 Å². The average molecular weight is 429 g/mol. The molecule has 2 saturated heterocycles. The Hall–Kier alpha value is -2.19. The summed E-state index contributed by atoms with van der Waals surface area (Å²) in [5.41, 5.74) is 0.550. The number of halogens is 2. The van der Waals surface area contributed by atoms with Crippen LogP contribution in [0.1, 0.15) is 12.8 Å². The molecule has 10 heteroatoms. The van der Waals surface area contributed by atoms with Crippen LogP contribution in [0.5, 0.6) is 0 Å². The molecule has 3 rings (SSSR count). The van der Waals surface area contributed by atoms with Gasteiger partial charge in [0.15, 0.2) is 0 Å². The molecule has 1 unspecified atom stereocenters. The molecule has 2 N–H and O–H groups in total. The van der Waals surface area contributed by atoms with E-state index in [4.69, 9.17) is 28.3 Å². The molecule has 2 aliphatic heterocycles. The van der Waals surface area contributed by atoms with Gasteiger partial charge in [0.05, 0.1) is 16.0 Å². The van der Waals surface area contributed by atoms with E-state index >= 15 is 0 Å². The van der Waals surface area contributed by atoms with E-state index in [-0.39, 0.29) is 24.4 Å². The second-order valence-electron chi connectivity index (χ2n) is 6.94. The van der Waals surface area contributed by atoms with Gasteiger partial charge in [-0.3, -0.25) is 4.79 Å². The number of piperazine rings is 1. The standard InChI is InChI=1S/C18H22Cl2N4O4/c19-14-4-3-13(10-15(14)20)21-17(26)23-8-6-22(7-9-23)16(25)12-2-1-5-24(11-12)18(27)28/h3-4,10,12H,1-2,5-9,11H2,(H,21,26)(H,27,28). The number of carboxylic acid groups (broad SMARTS) is 1. The van der Waals surface area contributed by atoms with Crippen LogP contribution in [0.15, 0.2) is 18.2 Å². The number of carbonyl (C=O) groups is 3. The molecule has 1 aromatic carbocycles. The number of carbonyl (C=O) groups excluding carboxylic acids is 2. The molecule has 1 aromatic rings. The molecule has 4 amide bonds. The maximum atomic E-state index is 12.7. The Morgan fingerprint density at radius 2 is 1.64 bits per heavy atom. The molecule has 0 saturated carbocycles. The molecule has 152 valence electrons. The minimum absolute atomic E-state index is 0.0320. The molecule has 0 spiro atoms. The predicted octanol–water partition coefficient (Wildman–Crippen LogP) is 3.06. The number of hydrogen-bond acceptors (Lipinski definition) is 3. The molecule has 0 bridgehead atoms. The van der Waals surface area contributed by atoms with Gasteiger partial charge >= 0.3 is 12.1 Å². The van der Waals surface area contributed by atoms with Crippen molar-refractivity contribution >= 4 is 46.9 Å². The van der Waals surface area contributed by atoms with Gasteiger partial charge in [-0.25, -0.2) is 9.59 Å². The fourth-order valence-electron chi connectivity index (χ4n) is 3.52. The first kappa shape index (κ1) is 20.5. The second kappa shape index (κ2) is 8.87. The number of piperidine rings is 1. The molecule has 0 aliphatic carbocycles. The van der Waals surface area contributed by atoms with Crippen LogP contribution < -0.4 is 5.32 Å². The van der Waals surface area contributed by atoms with Crippen molar-refractivity contribution in [2.45, 2.75) is 12.8 Å². The summed E-state index contributed by atoms with van der Waals surface area (Å²) in [6.07, 6.45) is 0.399. The zero-order valence-electron chi connectivity index (χ0n) is 15.2. The zero-order chi connectivity index (χ0) is 20.3. The van der Waals surface area contributed by atoms with Crippen LogP contribution in [0.2, 0.25) is 10.0 Å². The maximum Gasteiger partial charge on any atom is 0.407 e. The highest BCUT2D eigenvalue weighted by Gasteiger charge is 2.33. The number of benzene rings is 1. The quantitative estimate of drug-likeness (QED) is 0.756. The third kappa shape index (κ3) is 4.80. The van der Waals surface area contributed by atoms with Crippen LogP contribution in [-0.4, -0.2) is 77.1 Å². The molecular formula is C18H22Cl2N4O4. The van der Waals surface area contributed by atoms with Crippen LogP contribution in [0.3, 0.4) is 0 Å². The van der Waals surface area contributed by atoms with Gasteiger partial charge in [0.2, 0.25) is 5.91 Å². The highest BCUT2D eigenvalue weighted by molar-refractivity contribution is 6.42. The third-order valence-electron chi connectivity index (χ3n) is 5.09. The SMILES string of the molecule is O=C(O)N1CCCC(C(=O)N2CCN(C(=O)Nc3ccc(Cl)c(Cl)c3)CC2)C1. The Balaban J connectivity index is 1.50. The van der Waals surface area contributed by atoms with Crippen LogP contribution in [-0.2, 0) is 4.79 Å². The summed E-state index contributed by atoms with van der Waals surface area (Å²) in [7, 11) is 0. The van der Waals surface area contributed by atoms with E-state index in [1.54, 1.807) is 28.0 Å². The van der Waals surface area contributed by atoms with Gasteiger partial charge < -0.3 is 25.1 Å². The summed E-state index contributed by atoms with van der Waals surface area (Å²) in [6, 6.07) is 4.60. The molecular weight excluding hydrogens is 407 g/mol. The first-order chi connectivity index (χ1) is 13.3. The van der Waals surface area contributed by atoms with E-state index in [2.05, 4.69) is 5.32 Å². The van der Waals surface area contributed by atoms with Crippen molar-refractivity contribution in [1.29, 1.82) is 0 Å². The number of rotatable bonds is 2. The highest BCUT2D eigenvalue weighted by Crippen LogP contribution is 2.25. The first-order valence-corrected chi connectivity index (χ1v) is 9.88. The summed E-state index contributed by atoms with van der Waals surface area (Å²) in [6.45, 7) is 2.39. The van der Waals surface area contributed by atoms with Crippen molar-refractivity contribution in [2.24, 2.45) is 5.92 Å². The third-order valence-corrected chi connectivity index (χ3v) is 5.83. The fourth-order valence-corrected chi connectivity index (χ4v) is 3.82. The number of amides is 4. The second-order valence-corrected chi connectivity index (χ2v) is 7.75. The number of nitrogens with one attached hydrogen (secondary N) is 1. The summed E-state index contributed by atoms with van der Waals surface area (Å²) >= 11 is 11.8. The molecule has 2 fully saturated rings. The van der Waals surface area contributed by atoms with Gasteiger partial charge in [0.1, 0.15) is 0 Å². The first-order valence-electron chi connectivity index (χ1n) is 9.13. The van der Waals surface area contributed by atoms with Gasteiger partial charge in [-0.1, -0.05) is 23.2 Å². The zero-order valence-corrected chi connectivity index (χ0v) is 16.7. The lowest BCUT2D eigenvalue weighted by molar-refractivity contribution is -0.138. The van der Waals surface area contributed by atoms with Crippen LogP contribution >= 0.6 is 23.2 Å². The molecule has 8 nitrogen and oxygen atoms in total. The van der Waals surface area contributed by atoms with Crippen molar-refractivity contribution in [3.63, 3.8) is 0 Å². The van der Waals surface area contributed by atoms with Gasteiger partial charge in [-0.05, 0) is 31.0 Å². The lowest BCUT2D eigenvalue weighted by Crippen LogP contribution is -2.54. The van der Waals surface area contributed by atoms with E-state index in [1.807, 2.05) is 0 Å². The summed E-state index contributed by atoms with van der Waals surface area (Å²) < 4.78 is 0. The lowest BCUT2D eigenvalue weighted by atomic mass is 9.96. The Morgan fingerprint density at radius 3 is 2.29 bits per heavy atom. The molecule has 1 atom stereocenters. The smallest absolute Gasteiger partial charge is 0.407 e. The molecule has 2 aliphatic rings. The Labute approximate surface area is 173 Å². The number of hydrogen-bond donors (Lipinski definition) is 2. The van der Waals surface area contributed by atoms with Crippen molar-refractivity contribution in [2.75, 3.05) is 44.6 Å². The van der Waals surface area contributed by atoms with Crippen molar-refractivity contribution in [3.05, 3.63) is 28.2 Å². The molecule has 0 radical (unpaired) electrons. The van der Waals surface area contributed by atoms with E-state index in [0.717, 1.165) is 0 Å². The maximum absolute atomic E-state index is 12.7. The molecule has 28 heavy (non-hydrogen) atoms. The lowest BCUT2D eigenvalue weighted by Gasteiger charge is -2.38. The minimum atomic E-state index is -0.985. The predicted molar refractivity (Wildman–Crippen MR) is 106 cm³/mol. The number of urea groups is 1. The van der Waals surface area contributed by atoms with E-state index in [9.17, 15) is 14.4 Å². The number of nitrogens with zero attached hydrogens (tertiary/aromatic N) is 3. The van der Waals surface area contributed by atoms with Gasteiger partial charge in [0.25, 0.3) is 0 Å². The van der Waals surface area contributed by atoms with Crippen molar-refractivity contribution in [1.82, 2.24) is 14.7 Å². The van der Waals surface area contributed by atoms with Crippen LogP contribution in [0.25, 0.3) is 0 Å². The monoisotopic (exact) mass is 428 g/mol.